The fraction of sp³-hybridized carbons (Fsp3) is 0. The van der Waals surface area contributed by atoms with Crippen molar-refractivity contribution in [3.63, 3.8) is 0 Å². The van der Waals surface area contributed by atoms with Crippen molar-refractivity contribution in [1.29, 1.82) is 0 Å². The Kier molecular flexibility index (Phi) is 3.98. The first-order valence-corrected chi connectivity index (χ1v) is 6.62. The molecule has 18 heavy (non-hydrogen) atoms. The molecule has 92 valence electrons. The number of hydrogen-bond acceptors (Lipinski definition) is 3. The van der Waals surface area contributed by atoms with Gasteiger partial charge in [0.1, 0.15) is 5.69 Å². The number of nitrogens with zero attached hydrogens (tertiary/aromatic N) is 1. The monoisotopic (exact) mass is 370 g/mol. The Balaban J connectivity index is 2.41. The van der Waals surface area contributed by atoms with E-state index < -0.39 is 4.92 Å². The van der Waals surface area contributed by atoms with Gasteiger partial charge in [-0.1, -0.05) is 28.1 Å². The smallest absolute Gasteiger partial charge is 0.293 e. The Labute approximate surface area is 120 Å². The predicted molar refractivity (Wildman–Crippen MR) is 78.2 cm³/mol. The molecule has 0 aliphatic heterocycles. The van der Waals surface area contributed by atoms with Gasteiger partial charge in [-0.3, -0.25) is 10.1 Å². The van der Waals surface area contributed by atoms with Crippen LogP contribution in [0.3, 0.4) is 0 Å². The van der Waals surface area contributed by atoms with Crippen molar-refractivity contribution in [2.45, 2.75) is 0 Å². The third-order valence-corrected chi connectivity index (χ3v) is 3.48. The predicted octanol–water partition coefficient (Wildman–Crippen LogP) is 4.86. The Bertz CT molecular complexity index is 602. The van der Waals surface area contributed by atoms with E-state index in [0.29, 0.717) is 10.2 Å². The van der Waals surface area contributed by atoms with Crippen LogP contribution < -0.4 is 5.32 Å². The van der Waals surface area contributed by atoms with Gasteiger partial charge in [-0.15, -0.1) is 0 Å². The van der Waals surface area contributed by atoms with Crippen molar-refractivity contribution < 1.29 is 4.92 Å². The standard InChI is InChI=1S/C12H8Br2N2O2/c13-8-5-6-11(12(7-8)16(17)18)15-10-4-2-1-3-9(10)14/h1-7,15H. The fourth-order valence-corrected chi connectivity index (χ4v) is 2.20. The van der Waals surface area contributed by atoms with Gasteiger partial charge in [-0.2, -0.15) is 0 Å². The lowest BCUT2D eigenvalue weighted by atomic mass is 10.2. The molecule has 0 fully saturated rings. The SMILES string of the molecule is O=[N+]([O-])c1cc(Br)ccc1Nc1ccccc1Br. The van der Waals surface area contributed by atoms with Gasteiger partial charge in [0.2, 0.25) is 0 Å². The number of nitro benzene ring substituents is 1. The number of anilines is 2. The summed E-state index contributed by atoms with van der Waals surface area (Å²) in [5, 5.41) is 14.0. The van der Waals surface area contributed by atoms with Gasteiger partial charge in [-0.25, -0.2) is 0 Å². The van der Waals surface area contributed by atoms with Gasteiger partial charge in [0.25, 0.3) is 5.69 Å². The minimum absolute atomic E-state index is 0.0279. The summed E-state index contributed by atoms with van der Waals surface area (Å²) < 4.78 is 1.52. The Morgan fingerprint density at radius 3 is 2.44 bits per heavy atom. The van der Waals surface area contributed by atoms with Gasteiger partial charge in [0.15, 0.2) is 0 Å². The lowest BCUT2D eigenvalue weighted by Gasteiger charge is -2.09. The van der Waals surface area contributed by atoms with Crippen molar-refractivity contribution in [3.05, 3.63) is 61.5 Å². The molecule has 6 heteroatoms. The number of nitro groups is 1. The summed E-state index contributed by atoms with van der Waals surface area (Å²) in [6.45, 7) is 0. The summed E-state index contributed by atoms with van der Waals surface area (Å²) in [6.07, 6.45) is 0. The molecule has 2 rings (SSSR count). The second-order valence-corrected chi connectivity index (χ2v) is 5.29. The summed E-state index contributed by atoms with van der Waals surface area (Å²) in [5.41, 5.74) is 1.26. The van der Waals surface area contributed by atoms with Gasteiger partial charge in [-0.05, 0) is 40.2 Å². The zero-order valence-electron chi connectivity index (χ0n) is 9.06. The maximum absolute atomic E-state index is 11.0. The molecule has 0 heterocycles. The Morgan fingerprint density at radius 2 is 1.78 bits per heavy atom. The minimum Gasteiger partial charge on any atom is -0.349 e. The van der Waals surface area contributed by atoms with Crippen molar-refractivity contribution in [1.82, 2.24) is 0 Å². The van der Waals surface area contributed by atoms with Gasteiger partial charge >= 0.3 is 0 Å². The van der Waals surface area contributed by atoms with E-state index in [1.54, 1.807) is 12.1 Å². The molecule has 4 nitrogen and oxygen atoms in total. The van der Waals surface area contributed by atoms with E-state index in [4.69, 9.17) is 0 Å². The molecule has 1 N–H and O–H groups in total. The fourth-order valence-electron chi connectivity index (χ4n) is 1.47. The molecule has 0 radical (unpaired) electrons. The topological polar surface area (TPSA) is 55.2 Å². The molecule has 0 bridgehead atoms. The van der Waals surface area contributed by atoms with E-state index in [9.17, 15) is 10.1 Å². The first kappa shape index (κ1) is 13.0. The third-order valence-electron chi connectivity index (χ3n) is 2.30. The number of para-hydroxylation sites is 1. The average Bonchev–Trinajstić information content (AvgIpc) is 2.34. The second-order valence-electron chi connectivity index (χ2n) is 3.52. The zero-order chi connectivity index (χ0) is 13.1. The summed E-state index contributed by atoms with van der Waals surface area (Å²) in [4.78, 5) is 10.6. The molecule has 0 aliphatic carbocycles. The second kappa shape index (κ2) is 5.49. The molecular weight excluding hydrogens is 364 g/mol. The number of benzene rings is 2. The largest absolute Gasteiger partial charge is 0.349 e. The van der Waals surface area contributed by atoms with E-state index >= 15 is 0 Å². The summed E-state index contributed by atoms with van der Waals surface area (Å²) in [7, 11) is 0. The highest BCUT2D eigenvalue weighted by Crippen LogP contribution is 2.32. The van der Waals surface area contributed by atoms with Gasteiger partial charge in [0.05, 0.1) is 10.6 Å². The maximum Gasteiger partial charge on any atom is 0.293 e. The summed E-state index contributed by atoms with van der Waals surface area (Å²) in [5.74, 6) is 0. The van der Waals surface area contributed by atoms with Gasteiger partial charge < -0.3 is 5.32 Å². The maximum atomic E-state index is 11.0. The van der Waals surface area contributed by atoms with Crippen LogP contribution in [0.4, 0.5) is 17.1 Å². The van der Waals surface area contributed by atoms with Crippen molar-refractivity contribution in [2.75, 3.05) is 5.32 Å². The van der Waals surface area contributed by atoms with Crippen LogP contribution >= 0.6 is 31.9 Å². The molecule has 0 aliphatic rings. The number of halogens is 2. The molecular formula is C12H8Br2N2O2. The molecule has 0 saturated carbocycles. The number of nitrogens with one attached hydrogen (secondary N) is 1. The van der Waals surface area contributed by atoms with Crippen LogP contribution in [0.25, 0.3) is 0 Å². The molecule has 0 saturated heterocycles. The van der Waals surface area contributed by atoms with Crippen LogP contribution in [0.2, 0.25) is 0 Å². The lowest BCUT2D eigenvalue weighted by Crippen LogP contribution is -1.97. The highest BCUT2D eigenvalue weighted by atomic mass is 79.9. The van der Waals surface area contributed by atoms with Crippen molar-refractivity contribution >= 4 is 48.9 Å². The van der Waals surface area contributed by atoms with Crippen LogP contribution in [-0.2, 0) is 0 Å². The van der Waals surface area contributed by atoms with Crippen molar-refractivity contribution in [3.8, 4) is 0 Å². The van der Waals surface area contributed by atoms with Crippen LogP contribution in [0.1, 0.15) is 0 Å². The molecule has 0 atom stereocenters. The van der Waals surface area contributed by atoms with Crippen LogP contribution in [-0.4, -0.2) is 4.92 Å². The summed E-state index contributed by atoms with van der Waals surface area (Å²) >= 11 is 6.61. The molecule has 0 unspecified atom stereocenters. The normalized spacial score (nSPS) is 10.1. The Hall–Kier alpha value is -1.40. The number of hydrogen-bond donors (Lipinski definition) is 1. The van der Waals surface area contributed by atoms with E-state index in [1.807, 2.05) is 24.3 Å². The molecule has 0 amide bonds. The minimum atomic E-state index is -0.413. The first-order chi connectivity index (χ1) is 8.58. The van der Waals surface area contributed by atoms with E-state index in [1.165, 1.54) is 6.07 Å². The van der Waals surface area contributed by atoms with E-state index in [2.05, 4.69) is 37.2 Å². The highest BCUT2D eigenvalue weighted by molar-refractivity contribution is 9.10. The molecule has 0 aromatic heterocycles. The highest BCUT2D eigenvalue weighted by Gasteiger charge is 2.14. The van der Waals surface area contributed by atoms with E-state index in [0.717, 1.165) is 10.2 Å². The van der Waals surface area contributed by atoms with E-state index in [-0.39, 0.29) is 5.69 Å². The molecule has 2 aromatic rings. The average molecular weight is 372 g/mol. The third kappa shape index (κ3) is 2.88. The van der Waals surface area contributed by atoms with Gasteiger partial charge in [0, 0.05) is 15.0 Å². The van der Waals surface area contributed by atoms with Crippen LogP contribution in [0, 0.1) is 10.1 Å². The Morgan fingerprint density at radius 1 is 1.06 bits per heavy atom. The number of rotatable bonds is 3. The molecule has 0 spiro atoms. The summed E-state index contributed by atoms with van der Waals surface area (Å²) in [6, 6.07) is 12.3. The first-order valence-electron chi connectivity index (χ1n) is 5.03. The van der Waals surface area contributed by atoms with Crippen molar-refractivity contribution in [2.24, 2.45) is 0 Å². The zero-order valence-corrected chi connectivity index (χ0v) is 12.2. The quantitative estimate of drug-likeness (QED) is 0.618. The van der Waals surface area contributed by atoms with Crippen LogP contribution in [0.15, 0.2) is 51.4 Å². The lowest BCUT2D eigenvalue weighted by molar-refractivity contribution is -0.384. The van der Waals surface area contributed by atoms with Crippen LogP contribution in [0.5, 0.6) is 0 Å². The molecule has 2 aromatic carbocycles.